The number of thioether (sulfide) groups is 1. The van der Waals surface area contributed by atoms with Crippen molar-refractivity contribution in [2.24, 2.45) is 16.6 Å². The van der Waals surface area contributed by atoms with Crippen molar-refractivity contribution in [2.75, 3.05) is 43.1 Å². The standard InChI is InChI=1S/C47H57N15O9S2/c1-6-61-34(19-26(3)55-61)42(66)53-46-51-31-23-29(73-50)11-12-33(31)58(46)15-8-9-16-60-40-32(52-47(60)54-43(67)35-20-27(4)56-62(35)7-2)21-28(41(49)65)22-36(40)71-18-10-14-57(5)38(63)13-17-59-39(64)24-37(44(59)68)72-25-30(48)45(69)70/h8-9,11-12,19-23,30,37H,6-7,10,13-18,24-25,48,50H2,1-5H3,(H2,49,65)(H,69,70)(H,51,53,66)(H,52,54,67)/b9-8+. The van der Waals surface area contributed by atoms with Gasteiger partial charge < -0.3 is 35.3 Å². The number of allylic oxidation sites excluding steroid dienone is 2. The number of amides is 6. The number of likely N-dealkylation sites (tertiary alicyclic amines) is 1. The van der Waals surface area contributed by atoms with Gasteiger partial charge in [-0.1, -0.05) is 12.2 Å². The first kappa shape index (κ1) is 53.3. The number of nitrogens with one attached hydrogen (secondary N) is 2. The molecule has 0 radical (unpaired) electrons. The Labute approximate surface area is 427 Å². The fraction of sp³-hybridized carbons (Fsp3) is 0.383. The summed E-state index contributed by atoms with van der Waals surface area (Å²) in [4.78, 5) is 103. The Morgan fingerprint density at radius 3 is 2.12 bits per heavy atom. The van der Waals surface area contributed by atoms with E-state index in [1.165, 1.54) is 17.0 Å². The minimum Gasteiger partial charge on any atom is -0.491 e. The highest BCUT2D eigenvalue weighted by Gasteiger charge is 2.39. The fourth-order valence-electron chi connectivity index (χ4n) is 8.16. The molecule has 6 amide bonds. The molecule has 2 atom stereocenters. The molecule has 1 saturated heterocycles. The number of nitrogens with two attached hydrogens (primary N) is 3. The van der Waals surface area contributed by atoms with Crippen molar-refractivity contribution < 1.29 is 43.4 Å². The van der Waals surface area contributed by atoms with Gasteiger partial charge in [0, 0.05) is 75.4 Å². The van der Waals surface area contributed by atoms with Crippen LogP contribution in [0.4, 0.5) is 11.9 Å². The molecule has 0 bridgehead atoms. The van der Waals surface area contributed by atoms with Crippen molar-refractivity contribution in [2.45, 2.75) is 89.3 Å². The number of aryl methyl sites for hydroxylation is 4. The molecule has 1 aliphatic heterocycles. The molecular formula is C47H57N15O9S2. The first-order valence-corrected chi connectivity index (χ1v) is 25.2. The summed E-state index contributed by atoms with van der Waals surface area (Å²) in [6.45, 7) is 8.78. The molecular weight excluding hydrogens is 983 g/mol. The minimum atomic E-state index is -1.21. The van der Waals surface area contributed by atoms with Crippen LogP contribution in [-0.2, 0) is 45.4 Å². The van der Waals surface area contributed by atoms with Crippen molar-refractivity contribution in [3.8, 4) is 5.75 Å². The number of carboxylic acid groups (broad SMARTS) is 1. The van der Waals surface area contributed by atoms with Crippen LogP contribution in [0.1, 0.15) is 75.8 Å². The molecule has 5 heterocycles. The quantitative estimate of drug-likeness (QED) is 0.0219. The maximum atomic E-state index is 13.9. The van der Waals surface area contributed by atoms with Gasteiger partial charge in [0.1, 0.15) is 28.7 Å². The molecule has 4 aromatic heterocycles. The smallest absolute Gasteiger partial charge is 0.321 e. The Balaban J connectivity index is 1.11. The summed E-state index contributed by atoms with van der Waals surface area (Å²) < 4.78 is 13.1. The summed E-state index contributed by atoms with van der Waals surface area (Å²) in [5.41, 5.74) is 15.5. The molecule has 0 aliphatic carbocycles. The van der Waals surface area contributed by atoms with Gasteiger partial charge in [0.05, 0.1) is 39.8 Å². The molecule has 1 aliphatic rings. The zero-order chi connectivity index (χ0) is 52.7. The molecule has 7 rings (SSSR count). The number of aromatic nitrogens is 8. The Hall–Kier alpha value is -7.55. The molecule has 2 unspecified atom stereocenters. The number of fused-ring (bicyclic) bond motifs is 2. The molecule has 6 aromatic rings. The van der Waals surface area contributed by atoms with E-state index >= 15 is 0 Å². The van der Waals surface area contributed by atoms with E-state index in [1.807, 2.05) is 55.7 Å². The second-order valence-electron chi connectivity index (χ2n) is 17.0. The highest BCUT2D eigenvalue weighted by atomic mass is 32.2. The van der Waals surface area contributed by atoms with Gasteiger partial charge in [-0.25, -0.2) is 9.97 Å². The number of carbonyl (C=O) groups is 7. The Bertz CT molecular complexity index is 3140. The van der Waals surface area contributed by atoms with E-state index in [9.17, 15) is 33.6 Å². The summed E-state index contributed by atoms with van der Waals surface area (Å²) in [5.74, 6) is -3.50. The number of carbonyl (C=O) groups excluding carboxylic acids is 6. The number of aliphatic carboxylic acids is 1. The van der Waals surface area contributed by atoms with E-state index < -0.39 is 40.9 Å². The van der Waals surface area contributed by atoms with Crippen LogP contribution in [0.25, 0.3) is 22.1 Å². The average Bonchev–Trinajstić information content (AvgIpc) is 4.17. The highest BCUT2D eigenvalue weighted by molar-refractivity contribution is 8.00. The lowest BCUT2D eigenvalue weighted by molar-refractivity contribution is -0.140. The number of imidazole rings is 2. The summed E-state index contributed by atoms with van der Waals surface area (Å²) >= 11 is 2.07. The SMILES string of the molecule is CCn1nc(C)cc1C(=O)Nc1nc2cc(SN)ccc2n1C/C=C/Cn1c(NC(=O)c2cc(C)nn2CC)nc2cc(C(N)=O)cc(OCCCN(C)C(=O)CCN3C(=O)CC(SCC(N)C(=O)O)C3=O)c21. The highest BCUT2D eigenvalue weighted by Crippen LogP contribution is 2.32. The molecule has 26 heteroatoms. The number of hydrogen-bond acceptors (Lipinski definition) is 16. The van der Waals surface area contributed by atoms with Crippen LogP contribution in [0.2, 0.25) is 0 Å². The molecule has 24 nitrogen and oxygen atoms in total. The fourth-order valence-corrected chi connectivity index (χ4v) is 9.60. The summed E-state index contributed by atoms with van der Waals surface area (Å²) in [5, 5.41) is 28.9. The molecule has 9 N–H and O–H groups in total. The first-order chi connectivity index (χ1) is 34.9. The van der Waals surface area contributed by atoms with E-state index in [0.717, 1.165) is 39.0 Å². The number of carboxylic acids is 1. The first-order valence-electron chi connectivity index (χ1n) is 23.3. The van der Waals surface area contributed by atoms with Crippen LogP contribution < -0.4 is 32.0 Å². The monoisotopic (exact) mass is 1040 g/mol. The van der Waals surface area contributed by atoms with Crippen LogP contribution in [0.3, 0.4) is 0 Å². The third kappa shape index (κ3) is 12.2. The van der Waals surface area contributed by atoms with Crippen molar-refractivity contribution in [1.82, 2.24) is 48.5 Å². The van der Waals surface area contributed by atoms with Crippen LogP contribution in [0.5, 0.6) is 5.75 Å². The number of rotatable bonds is 24. The van der Waals surface area contributed by atoms with Gasteiger partial charge in [-0.15, -0.1) is 11.8 Å². The lowest BCUT2D eigenvalue weighted by Gasteiger charge is -2.20. The van der Waals surface area contributed by atoms with E-state index in [0.29, 0.717) is 58.8 Å². The Morgan fingerprint density at radius 1 is 0.904 bits per heavy atom. The molecule has 0 spiro atoms. The molecule has 0 saturated carbocycles. The zero-order valence-electron chi connectivity index (χ0n) is 40.9. The van der Waals surface area contributed by atoms with Gasteiger partial charge in [-0.3, -0.25) is 63.6 Å². The molecule has 386 valence electrons. The second-order valence-corrected chi connectivity index (χ2v) is 19.0. The van der Waals surface area contributed by atoms with Crippen LogP contribution >= 0.6 is 23.7 Å². The Kier molecular flexibility index (Phi) is 17.0. The van der Waals surface area contributed by atoms with Crippen LogP contribution in [0.15, 0.2) is 59.5 Å². The van der Waals surface area contributed by atoms with Gasteiger partial charge >= 0.3 is 5.97 Å². The number of ether oxygens (including phenoxy) is 1. The summed E-state index contributed by atoms with van der Waals surface area (Å²) in [6.07, 6.45) is 3.79. The van der Waals surface area contributed by atoms with E-state index in [-0.39, 0.29) is 86.4 Å². The maximum Gasteiger partial charge on any atom is 0.321 e. The molecule has 1 fully saturated rings. The summed E-state index contributed by atoms with van der Waals surface area (Å²) in [7, 11) is 1.58. The van der Waals surface area contributed by atoms with E-state index in [4.69, 9.17) is 36.4 Å². The minimum absolute atomic E-state index is 0.0440. The number of nitrogens with zero attached hydrogens (tertiary/aromatic N) is 10. The van der Waals surface area contributed by atoms with E-state index in [2.05, 4.69) is 20.8 Å². The number of primary amides is 1. The normalized spacial score (nSPS) is 14.2. The third-order valence-corrected chi connectivity index (χ3v) is 13.7. The van der Waals surface area contributed by atoms with Gasteiger partial charge in [0.25, 0.3) is 11.8 Å². The number of hydrogen-bond donors (Lipinski definition) is 6. The topological polar surface area (TPSA) is 329 Å². The van der Waals surface area contributed by atoms with Crippen LogP contribution in [-0.4, -0.2) is 139 Å². The molecule has 2 aromatic carbocycles. The van der Waals surface area contributed by atoms with Gasteiger partial charge in [-0.2, -0.15) is 10.2 Å². The van der Waals surface area contributed by atoms with Crippen molar-refractivity contribution in [3.05, 3.63) is 83.0 Å². The predicted molar refractivity (Wildman–Crippen MR) is 274 cm³/mol. The second kappa shape index (κ2) is 23.3. The zero-order valence-corrected chi connectivity index (χ0v) is 42.5. The van der Waals surface area contributed by atoms with Crippen molar-refractivity contribution in [3.63, 3.8) is 0 Å². The number of benzene rings is 2. The average molecular weight is 1040 g/mol. The van der Waals surface area contributed by atoms with Crippen molar-refractivity contribution >= 4 is 99.1 Å². The lowest BCUT2D eigenvalue weighted by atomic mass is 10.1. The lowest BCUT2D eigenvalue weighted by Crippen LogP contribution is -2.37. The van der Waals surface area contributed by atoms with Crippen molar-refractivity contribution in [1.29, 1.82) is 0 Å². The van der Waals surface area contributed by atoms with Gasteiger partial charge in [0.2, 0.25) is 35.5 Å². The van der Waals surface area contributed by atoms with Crippen LogP contribution in [0, 0.1) is 13.8 Å². The van der Waals surface area contributed by atoms with Gasteiger partial charge in [0.15, 0.2) is 0 Å². The summed E-state index contributed by atoms with van der Waals surface area (Å²) in [6, 6.07) is 10.7. The maximum absolute atomic E-state index is 13.9. The predicted octanol–water partition coefficient (Wildman–Crippen LogP) is 3.15. The third-order valence-electron chi connectivity index (χ3n) is 11.9. The van der Waals surface area contributed by atoms with E-state index in [1.54, 1.807) is 40.0 Å². The number of anilines is 2. The van der Waals surface area contributed by atoms with Gasteiger partial charge in [-0.05, 0) is 88.5 Å². The Morgan fingerprint density at radius 2 is 1.52 bits per heavy atom. The largest absolute Gasteiger partial charge is 0.491 e. The molecule has 73 heavy (non-hydrogen) atoms. The number of imide groups is 1.